The molecule has 1 N–H and O–H groups in total. The number of rotatable bonds is 2. The molecule has 0 amide bonds. The standard InChI is InChI=1S/C34H21NS/c1-3-7-21(8-4-1)23-12-15-31-28(17-23)29-19-25-11-14-26-30-18-24(22-9-5-2-6-10-22)13-16-33(30)36-34(26)27(25)20-32(29)35-31/h1-20,35H. The summed E-state index contributed by atoms with van der Waals surface area (Å²) in [6.45, 7) is 0. The Morgan fingerprint density at radius 2 is 1.08 bits per heavy atom. The van der Waals surface area contributed by atoms with Crippen molar-refractivity contribution in [2.24, 2.45) is 0 Å². The van der Waals surface area contributed by atoms with Gasteiger partial charge in [-0.2, -0.15) is 0 Å². The van der Waals surface area contributed by atoms with E-state index in [2.05, 4.69) is 126 Å². The third-order valence-corrected chi connectivity index (χ3v) is 8.60. The zero-order chi connectivity index (χ0) is 23.6. The van der Waals surface area contributed by atoms with Crippen molar-refractivity contribution in [3.8, 4) is 22.3 Å². The Balaban J connectivity index is 1.35. The Morgan fingerprint density at radius 3 is 1.83 bits per heavy atom. The maximum atomic E-state index is 3.68. The maximum Gasteiger partial charge on any atom is 0.0471 e. The van der Waals surface area contributed by atoms with Gasteiger partial charge in [0.2, 0.25) is 0 Å². The van der Waals surface area contributed by atoms with Gasteiger partial charge in [0.25, 0.3) is 0 Å². The molecule has 0 aliphatic carbocycles. The van der Waals surface area contributed by atoms with Gasteiger partial charge in [-0.15, -0.1) is 11.3 Å². The summed E-state index contributed by atoms with van der Waals surface area (Å²) in [5.41, 5.74) is 7.39. The molecule has 0 aliphatic rings. The van der Waals surface area contributed by atoms with Gasteiger partial charge in [0.05, 0.1) is 0 Å². The van der Waals surface area contributed by atoms with Crippen LogP contribution in [0.25, 0.3) is 75.0 Å². The molecule has 2 aromatic heterocycles. The molecule has 0 fully saturated rings. The molecule has 0 bridgehead atoms. The first-order chi connectivity index (χ1) is 17.8. The summed E-state index contributed by atoms with van der Waals surface area (Å²) in [5, 5.41) is 7.83. The van der Waals surface area contributed by atoms with E-state index in [9.17, 15) is 0 Å². The van der Waals surface area contributed by atoms with Gasteiger partial charge in [0, 0.05) is 47.4 Å². The van der Waals surface area contributed by atoms with Crippen molar-refractivity contribution in [3.63, 3.8) is 0 Å². The Hall–Kier alpha value is -4.40. The van der Waals surface area contributed by atoms with Crippen LogP contribution in [0.2, 0.25) is 0 Å². The van der Waals surface area contributed by atoms with Gasteiger partial charge >= 0.3 is 0 Å². The average molecular weight is 476 g/mol. The smallest absolute Gasteiger partial charge is 0.0471 e. The highest BCUT2D eigenvalue weighted by Gasteiger charge is 2.13. The van der Waals surface area contributed by atoms with E-state index in [4.69, 9.17) is 0 Å². The second kappa shape index (κ2) is 7.55. The number of hydrogen-bond donors (Lipinski definition) is 1. The summed E-state index contributed by atoms with van der Waals surface area (Å²) in [6.07, 6.45) is 0. The fourth-order valence-electron chi connectivity index (χ4n) is 5.57. The number of thiophene rings is 1. The molecule has 0 saturated heterocycles. The first-order valence-electron chi connectivity index (χ1n) is 12.3. The summed E-state index contributed by atoms with van der Waals surface area (Å²) in [4.78, 5) is 3.68. The van der Waals surface area contributed by atoms with Crippen LogP contribution in [0.15, 0.2) is 121 Å². The van der Waals surface area contributed by atoms with Gasteiger partial charge in [-0.3, -0.25) is 0 Å². The molecule has 2 heteroatoms. The fraction of sp³-hybridized carbons (Fsp3) is 0. The molecular weight excluding hydrogens is 454 g/mol. The van der Waals surface area contributed by atoms with E-state index in [1.807, 2.05) is 11.3 Å². The van der Waals surface area contributed by atoms with Crippen LogP contribution in [0.3, 0.4) is 0 Å². The van der Waals surface area contributed by atoms with Crippen molar-refractivity contribution in [2.45, 2.75) is 0 Å². The van der Waals surface area contributed by atoms with E-state index in [1.165, 1.54) is 75.0 Å². The van der Waals surface area contributed by atoms with Crippen LogP contribution >= 0.6 is 11.3 Å². The highest BCUT2D eigenvalue weighted by Crippen LogP contribution is 2.42. The number of nitrogens with one attached hydrogen (secondary N) is 1. The summed E-state index contributed by atoms with van der Waals surface area (Å²) < 4.78 is 2.69. The van der Waals surface area contributed by atoms with Gasteiger partial charge in [0.1, 0.15) is 0 Å². The quantitative estimate of drug-likeness (QED) is 0.256. The van der Waals surface area contributed by atoms with Gasteiger partial charge < -0.3 is 4.98 Å². The Bertz CT molecular complexity index is 2030. The van der Waals surface area contributed by atoms with Gasteiger partial charge in [-0.05, 0) is 64.0 Å². The zero-order valence-corrected chi connectivity index (χ0v) is 20.3. The highest BCUT2D eigenvalue weighted by atomic mass is 32.1. The van der Waals surface area contributed by atoms with E-state index in [0.717, 1.165) is 0 Å². The number of hydrogen-bond acceptors (Lipinski definition) is 1. The van der Waals surface area contributed by atoms with Crippen molar-refractivity contribution in [2.75, 3.05) is 0 Å². The SMILES string of the molecule is c1ccc(-c2ccc3[nH]c4cc5c(ccc6c7cc(-c8ccccc8)ccc7sc56)cc4c3c2)cc1. The molecule has 2 heterocycles. The number of fused-ring (bicyclic) bond motifs is 8. The minimum atomic E-state index is 1.18. The molecule has 1 nitrogen and oxygen atoms in total. The lowest BCUT2D eigenvalue weighted by molar-refractivity contribution is 1.55. The second-order valence-corrected chi connectivity index (χ2v) is 10.5. The van der Waals surface area contributed by atoms with E-state index in [1.54, 1.807) is 0 Å². The molecule has 8 rings (SSSR count). The Morgan fingerprint density at radius 1 is 0.417 bits per heavy atom. The molecule has 0 atom stereocenters. The van der Waals surface area contributed by atoms with E-state index >= 15 is 0 Å². The topological polar surface area (TPSA) is 15.8 Å². The first-order valence-corrected chi connectivity index (χ1v) is 13.1. The van der Waals surface area contributed by atoms with Gasteiger partial charge in [-0.1, -0.05) is 84.9 Å². The molecule has 0 unspecified atom stereocenters. The first kappa shape index (κ1) is 19.9. The number of aromatic amines is 1. The van der Waals surface area contributed by atoms with Crippen LogP contribution in [0.5, 0.6) is 0 Å². The maximum absolute atomic E-state index is 3.68. The number of benzene rings is 6. The largest absolute Gasteiger partial charge is 0.354 e. The molecule has 0 saturated carbocycles. The summed E-state index contributed by atoms with van der Waals surface area (Å²) in [5.74, 6) is 0. The van der Waals surface area contributed by atoms with Crippen LogP contribution in [0, 0.1) is 0 Å². The predicted molar refractivity (Wildman–Crippen MR) is 157 cm³/mol. The summed E-state index contributed by atoms with van der Waals surface area (Å²) in [7, 11) is 0. The number of H-pyrrole nitrogens is 1. The molecule has 0 aliphatic heterocycles. The molecular formula is C34H21NS. The van der Waals surface area contributed by atoms with Crippen molar-refractivity contribution < 1.29 is 0 Å². The molecule has 6 aromatic carbocycles. The Labute approximate surface area is 212 Å². The molecule has 168 valence electrons. The predicted octanol–water partition coefficient (Wildman–Crippen LogP) is 10.2. The van der Waals surface area contributed by atoms with Crippen LogP contribution in [0.4, 0.5) is 0 Å². The van der Waals surface area contributed by atoms with Crippen molar-refractivity contribution in [1.29, 1.82) is 0 Å². The fourth-order valence-corrected chi connectivity index (χ4v) is 6.78. The zero-order valence-electron chi connectivity index (χ0n) is 19.5. The van der Waals surface area contributed by atoms with Crippen molar-refractivity contribution >= 4 is 64.1 Å². The van der Waals surface area contributed by atoms with E-state index in [-0.39, 0.29) is 0 Å². The molecule has 0 spiro atoms. The van der Waals surface area contributed by atoms with Crippen molar-refractivity contribution in [1.82, 2.24) is 4.98 Å². The second-order valence-electron chi connectivity index (χ2n) is 9.49. The third-order valence-electron chi connectivity index (χ3n) is 7.38. The molecule has 36 heavy (non-hydrogen) atoms. The highest BCUT2D eigenvalue weighted by molar-refractivity contribution is 7.26. The van der Waals surface area contributed by atoms with Crippen LogP contribution < -0.4 is 0 Å². The average Bonchev–Trinajstić information content (AvgIpc) is 3.50. The van der Waals surface area contributed by atoms with Crippen LogP contribution in [0.1, 0.15) is 0 Å². The van der Waals surface area contributed by atoms with Gasteiger partial charge in [-0.25, -0.2) is 0 Å². The minimum absolute atomic E-state index is 1.18. The lowest BCUT2D eigenvalue weighted by Crippen LogP contribution is -1.78. The summed E-state index contributed by atoms with van der Waals surface area (Å²) >= 11 is 1.90. The van der Waals surface area contributed by atoms with Crippen molar-refractivity contribution in [3.05, 3.63) is 121 Å². The van der Waals surface area contributed by atoms with Gasteiger partial charge in [0.15, 0.2) is 0 Å². The lowest BCUT2D eigenvalue weighted by Gasteiger charge is -2.03. The minimum Gasteiger partial charge on any atom is -0.354 e. The number of aromatic nitrogens is 1. The molecule has 8 aromatic rings. The van der Waals surface area contributed by atoms with E-state index < -0.39 is 0 Å². The lowest BCUT2D eigenvalue weighted by atomic mass is 10.00. The third kappa shape index (κ3) is 2.95. The van der Waals surface area contributed by atoms with Crippen LogP contribution in [-0.2, 0) is 0 Å². The normalized spacial score (nSPS) is 11.9. The summed E-state index contributed by atoms with van der Waals surface area (Å²) in [6, 6.07) is 44.2. The van der Waals surface area contributed by atoms with Crippen LogP contribution in [-0.4, -0.2) is 4.98 Å². The Kier molecular flexibility index (Phi) is 4.16. The van der Waals surface area contributed by atoms with E-state index in [0.29, 0.717) is 0 Å². The molecule has 0 radical (unpaired) electrons. The monoisotopic (exact) mass is 475 g/mol.